The Hall–Kier alpha value is -1.58. The molecule has 0 saturated heterocycles. The van der Waals surface area contributed by atoms with E-state index in [0.29, 0.717) is 5.41 Å². The highest BCUT2D eigenvalue weighted by Crippen LogP contribution is 2.61. The maximum absolute atomic E-state index is 13.0. The molecule has 4 aliphatic rings. The van der Waals surface area contributed by atoms with E-state index >= 15 is 0 Å². The van der Waals surface area contributed by atoms with E-state index < -0.39 is 0 Å². The Kier molecular flexibility index (Phi) is 7.32. The number of unbranched alkanes of at least 4 members (excludes halogenated alkanes) is 2. The van der Waals surface area contributed by atoms with Crippen LogP contribution in [0.1, 0.15) is 84.5 Å². The van der Waals surface area contributed by atoms with Gasteiger partial charge in [0, 0.05) is 33.5 Å². The smallest absolute Gasteiger partial charge is 0.317 e. The number of nitrogens with zero attached hydrogens (tertiary/aromatic N) is 2. The van der Waals surface area contributed by atoms with Gasteiger partial charge in [-0.3, -0.25) is 4.98 Å². The van der Waals surface area contributed by atoms with Crippen LogP contribution in [0.15, 0.2) is 24.5 Å². The lowest BCUT2D eigenvalue weighted by atomic mass is 9.49. The fourth-order valence-corrected chi connectivity index (χ4v) is 6.98. The van der Waals surface area contributed by atoms with E-state index in [1.54, 1.807) is 0 Å². The SMILES string of the molecule is CCCCCN(CCC12CC3CC(CC(C3)C1)C2)C(=O)NCCCc1ccncc1.[HH]. The first-order chi connectivity index (χ1) is 14.7. The van der Waals surface area contributed by atoms with Gasteiger partial charge in [0.25, 0.3) is 0 Å². The number of urea groups is 1. The molecule has 4 saturated carbocycles. The maximum Gasteiger partial charge on any atom is 0.317 e. The lowest BCUT2D eigenvalue weighted by Crippen LogP contribution is -2.48. The molecular weight excluding hydrogens is 370 g/mol. The summed E-state index contributed by atoms with van der Waals surface area (Å²) in [6, 6.07) is 4.28. The number of amides is 2. The van der Waals surface area contributed by atoms with Crippen LogP contribution in [-0.2, 0) is 6.42 Å². The molecule has 4 fully saturated rings. The van der Waals surface area contributed by atoms with Gasteiger partial charge in [-0.05, 0) is 105 Å². The zero-order chi connectivity index (χ0) is 20.8. The Bertz CT molecular complexity index is 645. The van der Waals surface area contributed by atoms with Crippen molar-refractivity contribution in [1.29, 1.82) is 0 Å². The molecule has 4 heteroatoms. The molecule has 1 aromatic rings. The molecule has 0 spiro atoms. The van der Waals surface area contributed by atoms with Gasteiger partial charge in [0.15, 0.2) is 0 Å². The van der Waals surface area contributed by atoms with Crippen LogP contribution >= 0.6 is 0 Å². The van der Waals surface area contributed by atoms with E-state index in [4.69, 9.17) is 0 Å². The number of hydrogen-bond acceptors (Lipinski definition) is 2. The van der Waals surface area contributed by atoms with Gasteiger partial charge in [-0.25, -0.2) is 4.79 Å². The molecule has 4 bridgehead atoms. The fourth-order valence-electron chi connectivity index (χ4n) is 6.98. The molecule has 1 aromatic heterocycles. The highest BCUT2D eigenvalue weighted by molar-refractivity contribution is 5.74. The van der Waals surface area contributed by atoms with Crippen molar-refractivity contribution in [2.75, 3.05) is 19.6 Å². The first-order valence-electron chi connectivity index (χ1n) is 12.6. The topological polar surface area (TPSA) is 45.2 Å². The molecule has 2 amide bonds. The van der Waals surface area contributed by atoms with Gasteiger partial charge in [-0.2, -0.15) is 0 Å². The van der Waals surface area contributed by atoms with Gasteiger partial charge >= 0.3 is 6.03 Å². The van der Waals surface area contributed by atoms with Crippen molar-refractivity contribution in [1.82, 2.24) is 15.2 Å². The number of carbonyl (C=O) groups excluding carboxylic acids is 1. The number of aromatic nitrogens is 1. The molecule has 5 rings (SSSR count). The Balaban J connectivity index is 0.00000272. The molecule has 30 heavy (non-hydrogen) atoms. The lowest BCUT2D eigenvalue weighted by Gasteiger charge is -2.57. The summed E-state index contributed by atoms with van der Waals surface area (Å²) in [5, 5.41) is 3.21. The first kappa shape index (κ1) is 21.6. The highest BCUT2D eigenvalue weighted by Gasteiger charge is 2.50. The van der Waals surface area contributed by atoms with Crippen LogP contribution < -0.4 is 5.32 Å². The van der Waals surface area contributed by atoms with E-state index in [1.165, 1.54) is 63.4 Å². The summed E-state index contributed by atoms with van der Waals surface area (Å²) in [5.74, 6) is 2.98. The van der Waals surface area contributed by atoms with Crippen molar-refractivity contribution in [3.05, 3.63) is 30.1 Å². The third-order valence-electron chi connectivity index (χ3n) is 8.06. The largest absolute Gasteiger partial charge is 0.338 e. The second kappa shape index (κ2) is 10.2. The summed E-state index contributed by atoms with van der Waals surface area (Å²) in [6.07, 6.45) is 19.2. The van der Waals surface area contributed by atoms with Crippen molar-refractivity contribution >= 4 is 6.03 Å². The Morgan fingerprint density at radius 3 is 2.37 bits per heavy atom. The summed E-state index contributed by atoms with van der Waals surface area (Å²) in [7, 11) is 0. The molecule has 0 aliphatic heterocycles. The summed E-state index contributed by atoms with van der Waals surface area (Å²) in [4.78, 5) is 19.2. The van der Waals surface area contributed by atoms with Crippen LogP contribution in [0.5, 0.6) is 0 Å². The molecule has 0 atom stereocenters. The maximum atomic E-state index is 13.0. The van der Waals surface area contributed by atoms with Crippen LogP contribution in [0.2, 0.25) is 0 Å². The molecule has 168 valence electrons. The minimum absolute atomic E-state index is 0. The number of pyridine rings is 1. The number of nitrogens with one attached hydrogen (secondary N) is 1. The van der Waals surface area contributed by atoms with Gasteiger partial charge in [0.2, 0.25) is 0 Å². The van der Waals surface area contributed by atoms with Gasteiger partial charge in [0.05, 0.1) is 0 Å². The van der Waals surface area contributed by atoms with Crippen molar-refractivity contribution in [2.45, 2.75) is 84.0 Å². The van der Waals surface area contributed by atoms with Crippen molar-refractivity contribution < 1.29 is 6.22 Å². The Morgan fingerprint density at radius 2 is 1.73 bits per heavy atom. The van der Waals surface area contributed by atoms with Crippen LogP contribution in [0.25, 0.3) is 0 Å². The van der Waals surface area contributed by atoms with Crippen LogP contribution in [0.3, 0.4) is 0 Å². The number of aryl methyl sites for hydroxylation is 1. The van der Waals surface area contributed by atoms with E-state index in [9.17, 15) is 4.79 Å². The summed E-state index contributed by atoms with van der Waals surface area (Å²) in [5.41, 5.74) is 1.85. The van der Waals surface area contributed by atoms with Crippen molar-refractivity contribution in [2.24, 2.45) is 23.2 Å². The quantitative estimate of drug-likeness (QED) is 0.448. The van der Waals surface area contributed by atoms with E-state index in [-0.39, 0.29) is 7.46 Å². The van der Waals surface area contributed by atoms with Crippen molar-refractivity contribution in [3.63, 3.8) is 0 Å². The van der Waals surface area contributed by atoms with Crippen LogP contribution in [0.4, 0.5) is 4.79 Å². The zero-order valence-electron chi connectivity index (χ0n) is 19.0. The summed E-state index contributed by atoms with van der Waals surface area (Å²) >= 11 is 0. The Morgan fingerprint density at radius 1 is 1.07 bits per heavy atom. The standard InChI is InChI=1S/C26H41N3O.H2/c1-2-3-4-13-29(25(30)28-10-5-6-21-7-11-27-12-8-21)14-9-26-18-22-15-23(19-26)17-24(16-22)20-26;/h7-8,11-12,22-24H,2-6,9-10,13-20H2,1H3,(H,28,30);1H. The zero-order valence-corrected chi connectivity index (χ0v) is 19.0. The number of rotatable bonds is 11. The molecule has 4 aliphatic carbocycles. The van der Waals surface area contributed by atoms with Gasteiger partial charge in [0.1, 0.15) is 0 Å². The fraction of sp³-hybridized carbons (Fsp3) is 0.769. The molecule has 0 radical (unpaired) electrons. The van der Waals surface area contributed by atoms with Gasteiger partial charge in [-0.1, -0.05) is 19.8 Å². The average molecular weight is 414 g/mol. The number of carbonyl (C=O) groups is 1. The molecule has 0 aromatic carbocycles. The number of hydrogen-bond donors (Lipinski definition) is 1. The third-order valence-corrected chi connectivity index (χ3v) is 8.06. The second-order valence-corrected chi connectivity index (χ2v) is 10.6. The minimum atomic E-state index is 0. The van der Waals surface area contributed by atoms with Crippen molar-refractivity contribution in [3.8, 4) is 0 Å². The predicted molar refractivity (Wildman–Crippen MR) is 124 cm³/mol. The van der Waals surface area contributed by atoms with E-state index in [2.05, 4.69) is 34.3 Å². The monoisotopic (exact) mass is 413 g/mol. The minimum Gasteiger partial charge on any atom is -0.338 e. The van der Waals surface area contributed by atoms with Gasteiger partial charge < -0.3 is 10.2 Å². The highest BCUT2D eigenvalue weighted by atomic mass is 16.2. The first-order valence-corrected chi connectivity index (χ1v) is 12.6. The third kappa shape index (κ3) is 5.56. The van der Waals surface area contributed by atoms with Crippen LogP contribution in [-0.4, -0.2) is 35.5 Å². The lowest BCUT2D eigenvalue weighted by molar-refractivity contribution is -0.0596. The molecule has 0 unspecified atom stereocenters. The van der Waals surface area contributed by atoms with Gasteiger partial charge in [-0.15, -0.1) is 0 Å². The second-order valence-electron chi connectivity index (χ2n) is 10.6. The average Bonchev–Trinajstić information content (AvgIpc) is 2.73. The molecule has 1 N–H and O–H groups in total. The van der Waals surface area contributed by atoms with Crippen LogP contribution in [0, 0.1) is 23.2 Å². The molecular formula is C26H43N3O. The predicted octanol–water partition coefficient (Wildman–Crippen LogP) is 6.07. The van der Waals surface area contributed by atoms with E-state index in [1.807, 2.05) is 12.4 Å². The molecule has 1 heterocycles. The normalized spacial score (nSPS) is 29.2. The molecule has 4 nitrogen and oxygen atoms in total. The Labute approximate surface area is 184 Å². The summed E-state index contributed by atoms with van der Waals surface area (Å²) in [6.45, 7) is 4.85. The summed E-state index contributed by atoms with van der Waals surface area (Å²) < 4.78 is 0. The van der Waals surface area contributed by atoms with E-state index in [0.717, 1.165) is 56.7 Å².